The zero-order valence-corrected chi connectivity index (χ0v) is 16.3. The van der Waals surface area contributed by atoms with Gasteiger partial charge in [-0.2, -0.15) is 0 Å². The average Bonchev–Trinajstić information content (AvgIpc) is 3.26. The van der Waals surface area contributed by atoms with Gasteiger partial charge in [0.15, 0.2) is 23.0 Å². The normalized spacial score (nSPS) is 20.0. The molecule has 0 radical (unpaired) electrons. The van der Waals surface area contributed by atoms with Crippen LogP contribution in [-0.2, 0) is 9.59 Å². The lowest BCUT2D eigenvalue weighted by Crippen LogP contribution is -2.49. The summed E-state index contributed by atoms with van der Waals surface area (Å²) in [6.45, 7) is 1.42. The smallest absolute Gasteiger partial charge is 0.267 e. The van der Waals surface area contributed by atoms with E-state index in [1.165, 1.54) is 0 Å². The van der Waals surface area contributed by atoms with Crippen LogP contribution in [0, 0.1) is 5.92 Å². The van der Waals surface area contributed by atoms with Crippen LogP contribution in [0.25, 0.3) is 0 Å². The highest BCUT2D eigenvalue weighted by Gasteiger charge is 2.34. The summed E-state index contributed by atoms with van der Waals surface area (Å²) in [6.07, 6.45) is 0.553. The number of fused-ring (bicyclic) bond motifs is 2. The third-order valence-electron chi connectivity index (χ3n) is 5.60. The van der Waals surface area contributed by atoms with Gasteiger partial charge in [-0.05, 0) is 37.1 Å². The number of anilines is 1. The molecule has 0 unspecified atom stereocenters. The molecule has 1 N–H and O–H groups in total. The zero-order chi connectivity index (χ0) is 20.5. The van der Waals surface area contributed by atoms with Crippen molar-refractivity contribution in [1.82, 2.24) is 4.90 Å². The van der Waals surface area contributed by atoms with Crippen LogP contribution in [0.15, 0.2) is 42.5 Å². The highest BCUT2D eigenvalue weighted by Crippen LogP contribution is 2.35. The topological polar surface area (TPSA) is 86.3 Å². The monoisotopic (exact) mass is 410 g/mol. The largest absolute Gasteiger partial charge is 0.485 e. The molecule has 0 aliphatic carbocycles. The van der Waals surface area contributed by atoms with Gasteiger partial charge in [-0.3, -0.25) is 9.59 Å². The van der Waals surface area contributed by atoms with Crippen molar-refractivity contribution in [3.63, 3.8) is 0 Å². The minimum atomic E-state index is -0.654. The number of nitrogens with one attached hydrogen (secondary N) is 1. The standard InChI is InChI=1S/C22H22N2O6/c25-21(23-15-5-6-17-19(11-15)29-13-28-17)14-7-9-24(10-8-14)22(26)20-12-27-16-3-1-2-4-18(16)30-20/h1-6,11,14,20H,7-10,12-13H2,(H,23,25)/t20-/m1/s1. The molecule has 2 amide bonds. The first kappa shape index (κ1) is 18.6. The Balaban J connectivity index is 1.14. The molecule has 3 aliphatic heterocycles. The summed E-state index contributed by atoms with van der Waals surface area (Å²) in [5.74, 6) is 2.25. The first-order chi connectivity index (χ1) is 14.7. The van der Waals surface area contributed by atoms with Crippen LogP contribution in [0.5, 0.6) is 23.0 Å². The summed E-state index contributed by atoms with van der Waals surface area (Å²) in [5.41, 5.74) is 0.675. The molecule has 0 bridgehead atoms. The number of piperidine rings is 1. The number of rotatable bonds is 3. The molecule has 2 aromatic rings. The Morgan fingerprint density at radius 3 is 2.47 bits per heavy atom. The number of ether oxygens (including phenoxy) is 4. The number of hydrogen-bond donors (Lipinski definition) is 1. The van der Waals surface area contributed by atoms with Crippen molar-refractivity contribution in [2.45, 2.75) is 18.9 Å². The molecule has 0 spiro atoms. The lowest BCUT2D eigenvalue weighted by Gasteiger charge is -2.35. The van der Waals surface area contributed by atoms with Crippen molar-refractivity contribution in [2.24, 2.45) is 5.92 Å². The molecule has 156 valence electrons. The maximum absolute atomic E-state index is 12.8. The lowest BCUT2D eigenvalue weighted by molar-refractivity contribution is -0.143. The van der Waals surface area contributed by atoms with Gasteiger partial charge in [0.05, 0.1) is 0 Å². The Kier molecular flexibility index (Phi) is 4.82. The van der Waals surface area contributed by atoms with Crippen molar-refractivity contribution in [1.29, 1.82) is 0 Å². The van der Waals surface area contributed by atoms with Crippen molar-refractivity contribution >= 4 is 17.5 Å². The molecule has 30 heavy (non-hydrogen) atoms. The lowest BCUT2D eigenvalue weighted by atomic mass is 9.95. The Morgan fingerprint density at radius 2 is 1.63 bits per heavy atom. The first-order valence-electron chi connectivity index (χ1n) is 10.1. The van der Waals surface area contributed by atoms with Gasteiger partial charge in [-0.1, -0.05) is 12.1 Å². The third-order valence-corrected chi connectivity index (χ3v) is 5.60. The Labute approximate surface area is 173 Å². The minimum Gasteiger partial charge on any atom is -0.485 e. The van der Waals surface area contributed by atoms with Crippen LogP contribution < -0.4 is 24.3 Å². The van der Waals surface area contributed by atoms with Gasteiger partial charge in [0.2, 0.25) is 18.8 Å². The zero-order valence-electron chi connectivity index (χ0n) is 16.3. The maximum atomic E-state index is 12.8. The van der Waals surface area contributed by atoms with Crippen molar-refractivity contribution in [2.75, 3.05) is 31.8 Å². The number of carbonyl (C=O) groups is 2. The number of para-hydroxylation sites is 2. The summed E-state index contributed by atoms with van der Waals surface area (Å²) in [6, 6.07) is 12.7. The fourth-order valence-electron chi connectivity index (χ4n) is 3.93. The second kappa shape index (κ2) is 7.78. The molecule has 8 heteroatoms. The predicted molar refractivity (Wildman–Crippen MR) is 107 cm³/mol. The number of hydrogen-bond acceptors (Lipinski definition) is 6. The average molecular weight is 410 g/mol. The van der Waals surface area contributed by atoms with E-state index in [9.17, 15) is 9.59 Å². The van der Waals surface area contributed by atoms with Crippen LogP contribution in [0.3, 0.4) is 0 Å². The highest BCUT2D eigenvalue weighted by molar-refractivity contribution is 5.93. The van der Waals surface area contributed by atoms with E-state index in [2.05, 4.69) is 5.32 Å². The van der Waals surface area contributed by atoms with Gasteiger partial charge in [-0.15, -0.1) is 0 Å². The summed E-state index contributed by atoms with van der Waals surface area (Å²) >= 11 is 0. The predicted octanol–water partition coefficient (Wildman–Crippen LogP) is 2.43. The van der Waals surface area contributed by atoms with E-state index in [0.717, 1.165) is 0 Å². The van der Waals surface area contributed by atoms with Crippen LogP contribution in [0.4, 0.5) is 5.69 Å². The molecule has 2 aromatic carbocycles. The Morgan fingerprint density at radius 1 is 0.900 bits per heavy atom. The molecular weight excluding hydrogens is 388 g/mol. The highest BCUT2D eigenvalue weighted by atomic mass is 16.7. The molecular formula is C22H22N2O6. The van der Waals surface area contributed by atoms with Crippen LogP contribution >= 0.6 is 0 Å². The number of benzene rings is 2. The number of amides is 2. The van der Waals surface area contributed by atoms with Crippen LogP contribution in [-0.4, -0.2) is 49.3 Å². The SMILES string of the molecule is O=C(Nc1ccc2c(c1)OCO2)C1CCN(C(=O)[C@H]2COc3ccccc3O2)CC1. The third kappa shape index (κ3) is 3.60. The van der Waals surface area contributed by atoms with Gasteiger partial charge < -0.3 is 29.2 Å². The molecule has 3 aliphatic rings. The molecule has 1 saturated heterocycles. The van der Waals surface area contributed by atoms with E-state index in [1.807, 2.05) is 18.2 Å². The number of carbonyl (C=O) groups excluding carboxylic acids is 2. The van der Waals surface area contributed by atoms with Gasteiger partial charge >= 0.3 is 0 Å². The van der Waals surface area contributed by atoms with E-state index in [4.69, 9.17) is 18.9 Å². The van der Waals surface area contributed by atoms with E-state index in [-0.39, 0.29) is 31.1 Å². The second-order valence-corrected chi connectivity index (χ2v) is 7.52. The molecule has 1 atom stereocenters. The van der Waals surface area contributed by atoms with E-state index in [0.29, 0.717) is 54.6 Å². The fraction of sp³-hybridized carbons (Fsp3) is 0.364. The second-order valence-electron chi connectivity index (χ2n) is 7.52. The van der Waals surface area contributed by atoms with Gasteiger partial charge in [0, 0.05) is 30.8 Å². The van der Waals surface area contributed by atoms with Crippen LogP contribution in [0.1, 0.15) is 12.8 Å². The fourth-order valence-corrected chi connectivity index (χ4v) is 3.93. The van der Waals surface area contributed by atoms with Crippen molar-refractivity contribution in [3.8, 4) is 23.0 Å². The van der Waals surface area contributed by atoms with E-state index in [1.54, 1.807) is 29.2 Å². The first-order valence-corrected chi connectivity index (χ1v) is 10.1. The minimum absolute atomic E-state index is 0.0489. The van der Waals surface area contributed by atoms with Crippen molar-refractivity contribution < 1.29 is 28.5 Å². The summed E-state index contributed by atoms with van der Waals surface area (Å²) in [5, 5.41) is 2.94. The Bertz CT molecular complexity index is 970. The molecule has 0 saturated carbocycles. The Hall–Kier alpha value is -3.42. The number of nitrogens with zero attached hydrogens (tertiary/aromatic N) is 1. The summed E-state index contributed by atoms with van der Waals surface area (Å²) in [4.78, 5) is 27.2. The maximum Gasteiger partial charge on any atom is 0.267 e. The van der Waals surface area contributed by atoms with Gasteiger partial charge in [-0.25, -0.2) is 0 Å². The van der Waals surface area contributed by atoms with Crippen molar-refractivity contribution in [3.05, 3.63) is 42.5 Å². The summed E-state index contributed by atoms with van der Waals surface area (Å²) < 4.78 is 22.1. The quantitative estimate of drug-likeness (QED) is 0.837. The number of likely N-dealkylation sites (tertiary alicyclic amines) is 1. The summed E-state index contributed by atoms with van der Waals surface area (Å²) in [7, 11) is 0. The van der Waals surface area contributed by atoms with Gasteiger partial charge in [0.1, 0.15) is 6.61 Å². The molecule has 8 nitrogen and oxygen atoms in total. The molecule has 0 aromatic heterocycles. The van der Waals surface area contributed by atoms with Gasteiger partial charge in [0.25, 0.3) is 5.91 Å². The van der Waals surface area contributed by atoms with E-state index < -0.39 is 6.10 Å². The molecule has 3 heterocycles. The van der Waals surface area contributed by atoms with E-state index >= 15 is 0 Å². The molecule has 5 rings (SSSR count). The van der Waals surface area contributed by atoms with Crippen LogP contribution in [0.2, 0.25) is 0 Å². The molecule has 1 fully saturated rings.